The Labute approximate surface area is 311 Å². The first-order chi connectivity index (χ1) is 25.9. The Kier molecular flexibility index (Phi) is 10.8. The van der Waals surface area contributed by atoms with Gasteiger partial charge in [0.2, 0.25) is 5.95 Å². The van der Waals surface area contributed by atoms with Crippen molar-refractivity contribution in [3.63, 3.8) is 0 Å². The van der Waals surface area contributed by atoms with Crippen LogP contribution in [0.5, 0.6) is 0 Å². The average Bonchev–Trinajstić information content (AvgIpc) is 3.49. The number of imidazole rings is 1. The highest BCUT2D eigenvalue weighted by Gasteiger charge is 2.40. The number of aromatic amines is 1. The normalized spacial score (nSPS) is 18.3. The summed E-state index contributed by atoms with van der Waals surface area (Å²) < 4.78 is 58.9. The minimum Gasteiger partial charge on any atom is -0.464 e. The van der Waals surface area contributed by atoms with Crippen molar-refractivity contribution in [2.45, 2.75) is 70.1 Å². The van der Waals surface area contributed by atoms with Crippen molar-refractivity contribution in [2.24, 2.45) is 5.41 Å². The molecule has 0 radical (unpaired) electrons. The van der Waals surface area contributed by atoms with Crippen molar-refractivity contribution in [1.29, 1.82) is 0 Å². The van der Waals surface area contributed by atoms with E-state index >= 15 is 0 Å². The van der Waals surface area contributed by atoms with Crippen molar-refractivity contribution in [3.05, 3.63) is 53.6 Å². The van der Waals surface area contributed by atoms with E-state index < -0.39 is 23.6 Å². The van der Waals surface area contributed by atoms with Gasteiger partial charge in [-0.25, -0.2) is 14.8 Å². The van der Waals surface area contributed by atoms with Gasteiger partial charge in [0.15, 0.2) is 5.65 Å². The number of carbonyl (C=O) groups is 2. The monoisotopic (exact) mass is 750 g/mol. The SMILES string of the molecule is CCOC(=O)CO[C@@H]1CCN(c2ccc(C(=O)Nc3nc4nc(-c5cnc(C6CC6)c(C(F)(F)F)c5)cc(N(C)CC5(COC)CCCC5)c4[nH]3)nc2)C1. The van der Waals surface area contributed by atoms with Gasteiger partial charge in [0, 0.05) is 56.9 Å². The Hall–Kier alpha value is -4.83. The van der Waals surface area contributed by atoms with E-state index in [1.165, 1.54) is 6.20 Å². The maximum atomic E-state index is 14.2. The Morgan fingerprint density at radius 2 is 1.89 bits per heavy atom. The van der Waals surface area contributed by atoms with E-state index in [0.29, 0.717) is 56.9 Å². The molecule has 0 unspecified atom stereocenters. The fourth-order valence-corrected chi connectivity index (χ4v) is 7.74. The maximum absolute atomic E-state index is 14.2. The number of halogens is 3. The standard InChI is InChI=1S/C38H45F3N8O5/c1-4-53-31(50)20-54-26-11-14-49(19-26)25-9-10-28(42-18-25)35(51)47-36-45-33-30(48(2)21-37(22-52-3)12-5-6-13-37)16-29(44-34(33)46-36)24-15-27(38(39,40)41)32(43-17-24)23-7-8-23/h9-10,15-18,23,26H,4-8,11-14,19-22H2,1-3H3,(H2,44,45,46,47,51)/t26-/m1/s1. The fraction of sp³-hybridized carbons (Fsp3) is 0.526. The lowest BCUT2D eigenvalue weighted by Crippen LogP contribution is -2.37. The Bertz CT molecular complexity index is 1980. The van der Waals surface area contributed by atoms with E-state index in [4.69, 9.17) is 14.2 Å². The third kappa shape index (κ3) is 8.28. The summed E-state index contributed by atoms with van der Waals surface area (Å²) in [6.45, 7) is 4.44. The average molecular weight is 751 g/mol. The van der Waals surface area contributed by atoms with Crippen LogP contribution in [0.25, 0.3) is 22.4 Å². The predicted molar refractivity (Wildman–Crippen MR) is 196 cm³/mol. The number of fused-ring (bicyclic) bond motifs is 1. The number of hydrogen-bond donors (Lipinski definition) is 2. The number of pyridine rings is 3. The highest BCUT2D eigenvalue weighted by Crippen LogP contribution is 2.46. The summed E-state index contributed by atoms with van der Waals surface area (Å²) in [5.74, 6) is -0.971. The smallest absolute Gasteiger partial charge is 0.418 e. The molecule has 1 amide bonds. The van der Waals surface area contributed by atoms with Gasteiger partial charge in [-0.05, 0) is 63.3 Å². The predicted octanol–water partition coefficient (Wildman–Crippen LogP) is 6.36. The number of carbonyl (C=O) groups excluding carboxylic acids is 2. The molecule has 1 atom stereocenters. The molecule has 4 aromatic rings. The second kappa shape index (κ2) is 15.5. The summed E-state index contributed by atoms with van der Waals surface area (Å²) in [5, 5.41) is 2.78. The first-order valence-electron chi connectivity index (χ1n) is 18.4. The van der Waals surface area contributed by atoms with E-state index in [1.807, 2.05) is 7.05 Å². The molecule has 0 bridgehead atoms. The number of nitrogens with zero attached hydrogens (tertiary/aromatic N) is 6. The second-order valence-electron chi connectivity index (χ2n) is 14.6. The molecule has 2 N–H and O–H groups in total. The molecule has 3 fully saturated rings. The molecule has 3 aliphatic rings. The summed E-state index contributed by atoms with van der Waals surface area (Å²) in [4.78, 5) is 50.3. The minimum atomic E-state index is -4.56. The van der Waals surface area contributed by atoms with E-state index in [-0.39, 0.29) is 58.3 Å². The molecule has 0 spiro atoms. The van der Waals surface area contributed by atoms with Gasteiger partial charge < -0.3 is 29.0 Å². The van der Waals surface area contributed by atoms with Crippen LogP contribution >= 0.6 is 0 Å². The van der Waals surface area contributed by atoms with Crippen molar-refractivity contribution < 1.29 is 37.0 Å². The van der Waals surface area contributed by atoms with Gasteiger partial charge in [0.05, 0.1) is 53.8 Å². The van der Waals surface area contributed by atoms with E-state index in [2.05, 4.69) is 40.0 Å². The zero-order chi connectivity index (χ0) is 38.0. The zero-order valence-electron chi connectivity index (χ0n) is 30.7. The number of esters is 1. The number of methoxy groups -OCH3 is 1. The third-order valence-corrected chi connectivity index (χ3v) is 10.5. The molecule has 5 heterocycles. The molecule has 1 aliphatic heterocycles. The van der Waals surface area contributed by atoms with Crippen molar-refractivity contribution in [1.82, 2.24) is 24.9 Å². The van der Waals surface area contributed by atoms with Gasteiger partial charge in [0.1, 0.15) is 17.8 Å². The van der Waals surface area contributed by atoms with Crippen LogP contribution in [0.1, 0.15) is 79.5 Å². The van der Waals surface area contributed by atoms with Gasteiger partial charge in [0.25, 0.3) is 5.91 Å². The molecule has 0 aromatic carbocycles. The molecule has 7 rings (SSSR count). The van der Waals surface area contributed by atoms with E-state index in [1.54, 1.807) is 38.4 Å². The number of anilines is 3. The number of H-pyrrole nitrogens is 1. The molecule has 13 nitrogen and oxygen atoms in total. The highest BCUT2D eigenvalue weighted by atomic mass is 19.4. The molecule has 16 heteroatoms. The molecule has 4 aromatic heterocycles. The van der Waals surface area contributed by atoms with Crippen molar-refractivity contribution in [2.75, 3.05) is 68.7 Å². The molecule has 2 saturated carbocycles. The summed E-state index contributed by atoms with van der Waals surface area (Å²) in [6.07, 6.45) is 4.65. The van der Waals surface area contributed by atoms with Gasteiger partial charge in [-0.15, -0.1) is 0 Å². The molecule has 1 saturated heterocycles. The van der Waals surface area contributed by atoms with Crippen molar-refractivity contribution in [3.8, 4) is 11.3 Å². The molecule has 288 valence electrons. The van der Waals surface area contributed by atoms with E-state index in [0.717, 1.165) is 43.9 Å². The molecule has 2 aliphatic carbocycles. The number of ether oxygens (including phenoxy) is 3. The number of rotatable bonds is 14. The number of nitrogens with one attached hydrogen (secondary N) is 2. The maximum Gasteiger partial charge on any atom is 0.418 e. The molecule has 54 heavy (non-hydrogen) atoms. The van der Waals surface area contributed by atoms with Crippen LogP contribution in [0.4, 0.5) is 30.5 Å². The van der Waals surface area contributed by atoms with Crippen LogP contribution in [-0.4, -0.2) is 96.5 Å². The lowest BCUT2D eigenvalue weighted by molar-refractivity contribution is -0.150. The van der Waals surface area contributed by atoms with Crippen LogP contribution in [0, 0.1) is 5.41 Å². The first-order valence-corrected chi connectivity index (χ1v) is 18.4. The second-order valence-corrected chi connectivity index (χ2v) is 14.6. The summed E-state index contributed by atoms with van der Waals surface area (Å²) in [7, 11) is 3.63. The Morgan fingerprint density at radius 1 is 1.09 bits per heavy atom. The van der Waals surface area contributed by atoms with Crippen LogP contribution in [0.3, 0.4) is 0 Å². The van der Waals surface area contributed by atoms with Gasteiger partial charge in [-0.2, -0.15) is 18.2 Å². The largest absolute Gasteiger partial charge is 0.464 e. The lowest BCUT2D eigenvalue weighted by atomic mass is 9.86. The Morgan fingerprint density at radius 3 is 2.57 bits per heavy atom. The Balaban J connectivity index is 1.13. The van der Waals surface area contributed by atoms with Crippen LogP contribution < -0.4 is 15.1 Å². The van der Waals surface area contributed by atoms with Gasteiger partial charge >= 0.3 is 12.1 Å². The summed E-state index contributed by atoms with van der Waals surface area (Å²) in [6, 6.07) is 6.29. The number of alkyl halides is 3. The summed E-state index contributed by atoms with van der Waals surface area (Å²) in [5.41, 5.74) is 2.14. The minimum absolute atomic E-state index is 0.0727. The first kappa shape index (κ1) is 37.5. The number of amides is 1. The lowest BCUT2D eigenvalue weighted by Gasteiger charge is -2.34. The third-order valence-electron chi connectivity index (χ3n) is 10.5. The highest BCUT2D eigenvalue weighted by molar-refractivity contribution is 6.03. The van der Waals surface area contributed by atoms with Crippen LogP contribution in [-0.2, 0) is 25.2 Å². The van der Waals surface area contributed by atoms with E-state index in [9.17, 15) is 22.8 Å². The topological polar surface area (TPSA) is 148 Å². The summed E-state index contributed by atoms with van der Waals surface area (Å²) >= 11 is 0. The van der Waals surface area contributed by atoms with Gasteiger partial charge in [-0.1, -0.05) is 12.8 Å². The number of hydrogen-bond acceptors (Lipinski definition) is 11. The van der Waals surface area contributed by atoms with Crippen molar-refractivity contribution >= 4 is 40.4 Å². The van der Waals surface area contributed by atoms with Crippen LogP contribution in [0.15, 0.2) is 36.7 Å². The van der Waals surface area contributed by atoms with Gasteiger partial charge in [-0.3, -0.25) is 15.1 Å². The number of aromatic nitrogens is 5. The molecular formula is C38H45F3N8O5. The quantitative estimate of drug-likeness (QED) is 0.139. The fourth-order valence-electron chi connectivity index (χ4n) is 7.74. The zero-order valence-corrected chi connectivity index (χ0v) is 30.7. The van der Waals surface area contributed by atoms with Crippen LogP contribution in [0.2, 0.25) is 0 Å². The molecular weight excluding hydrogens is 705 g/mol.